The molecule has 0 bridgehead atoms. The molecule has 0 unspecified atom stereocenters. The Morgan fingerprint density at radius 3 is 2.36 bits per heavy atom. The number of hydrogen-bond donors (Lipinski definition) is 0. The molecule has 0 aromatic heterocycles. The zero-order valence-corrected chi connectivity index (χ0v) is 14.0. The molecule has 0 saturated heterocycles. The lowest BCUT2D eigenvalue weighted by atomic mass is 10.0. The van der Waals surface area contributed by atoms with Crippen LogP contribution >= 0.6 is 46.4 Å². The van der Waals surface area contributed by atoms with Gasteiger partial charge in [-0.1, -0.05) is 70.7 Å². The van der Waals surface area contributed by atoms with E-state index in [4.69, 9.17) is 51.1 Å². The van der Waals surface area contributed by atoms with E-state index in [1.807, 2.05) is 18.2 Å². The van der Waals surface area contributed by atoms with Gasteiger partial charge in [0, 0.05) is 21.2 Å². The lowest BCUT2D eigenvalue weighted by Gasteiger charge is -2.14. The first-order valence-electron chi connectivity index (χ1n) is 6.28. The molecule has 3 aromatic rings. The van der Waals surface area contributed by atoms with E-state index >= 15 is 0 Å². The third-order valence-electron chi connectivity index (χ3n) is 3.25. The summed E-state index contributed by atoms with van der Waals surface area (Å²) in [6, 6.07) is 12.6. The zero-order chi connectivity index (χ0) is 15.9. The van der Waals surface area contributed by atoms with Crippen LogP contribution in [0.15, 0.2) is 42.5 Å². The molecule has 0 aliphatic rings. The number of rotatable bonds is 2. The van der Waals surface area contributed by atoms with Gasteiger partial charge in [0.1, 0.15) is 5.75 Å². The highest BCUT2D eigenvalue weighted by Crippen LogP contribution is 2.41. The molecule has 0 saturated carbocycles. The SMILES string of the molecule is O=C(Oc1c2cccc(Cl)c2cc2cccc(Cl)c12)C(Cl)Cl. The molecule has 0 aliphatic heterocycles. The minimum Gasteiger partial charge on any atom is -0.423 e. The van der Waals surface area contributed by atoms with Gasteiger partial charge in [0.2, 0.25) is 4.84 Å². The quantitative estimate of drug-likeness (QED) is 0.238. The molecule has 0 radical (unpaired) electrons. The molecule has 0 fully saturated rings. The average molecular weight is 374 g/mol. The molecule has 0 heterocycles. The fourth-order valence-corrected chi connectivity index (χ4v) is 2.91. The highest BCUT2D eigenvalue weighted by Gasteiger charge is 2.20. The third-order valence-corrected chi connectivity index (χ3v) is 4.25. The fourth-order valence-electron chi connectivity index (χ4n) is 2.32. The van der Waals surface area contributed by atoms with Gasteiger partial charge in [-0.25, -0.2) is 4.79 Å². The molecule has 0 amide bonds. The summed E-state index contributed by atoms with van der Waals surface area (Å²) in [5.41, 5.74) is 0. The van der Waals surface area contributed by atoms with Crippen LogP contribution in [0.3, 0.4) is 0 Å². The second-order valence-corrected chi connectivity index (χ2v) is 6.51. The molecule has 0 N–H and O–H groups in total. The van der Waals surface area contributed by atoms with Gasteiger partial charge < -0.3 is 4.74 Å². The minimum atomic E-state index is -1.29. The van der Waals surface area contributed by atoms with Crippen molar-refractivity contribution in [3.8, 4) is 5.75 Å². The predicted molar refractivity (Wildman–Crippen MR) is 92.6 cm³/mol. The largest absolute Gasteiger partial charge is 0.423 e. The molecular formula is C16H8Cl4O2. The van der Waals surface area contributed by atoms with Crippen molar-refractivity contribution in [3.05, 3.63) is 52.5 Å². The van der Waals surface area contributed by atoms with Gasteiger partial charge in [-0.3, -0.25) is 0 Å². The number of carbonyl (C=O) groups is 1. The summed E-state index contributed by atoms with van der Waals surface area (Å²) in [6.07, 6.45) is 0. The Kier molecular flexibility index (Phi) is 4.37. The van der Waals surface area contributed by atoms with Crippen LogP contribution in [0, 0.1) is 0 Å². The van der Waals surface area contributed by atoms with Crippen LogP contribution in [0.5, 0.6) is 5.75 Å². The number of hydrogen-bond acceptors (Lipinski definition) is 2. The summed E-state index contributed by atoms with van der Waals surface area (Å²) in [7, 11) is 0. The van der Waals surface area contributed by atoms with Crippen LogP contribution in [-0.2, 0) is 4.79 Å². The van der Waals surface area contributed by atoms with E-state index in [1.165, 1.54) is 0 Å². The van der Waals surface area contributed by atoms with Gasteiger partial charge in [-0.15, -0.1) is 0 Å². The Morgan fingerprint density at radius 2 is 1.64 bits per heavy atom. The van der Waals surface area contributed by atoms with Crippen molar-refractivity contribution < 1.29 is 9.53 Å². The van der Waals surface area contributed by atoms with Gasteiger partial charge in [0.05, 0.1) is 5.02 Å². The fraction of sp³-hybridized carbons (Fsp3) is 0.0625. The van der Waals surface area contributed by atoms with E-state index < -0.39 is 10.8 Å². The van der Waals surface area contributed by atoms with E-state index in [2.05, 4.69) is 0 Å². The summed E-state index contributed by atoms with van der Waals surface area (Å²) in [6.45, 7) is 0. The van der Waals surface area contributed by atoms with Gasteiger partial charge in [-0.05, 0) is 23.6 Å². The van der Waals surface area contributed by atoms with Crippen molar-refractivity contribution in [2.24, 2.45) is 0 Å². The Balaban J connectivity index is 2.41. The lowest BCUT2D eigenvalue weighted by Crippen LogP contribution is -2.16. The summed E-state index contributed by atoms with van der Waals surface area (Å²) in [4.78, 5) is 10.5. The highest BCUT2D eigenvalue weighted by atomic mass is 35.5. The van der Waals surface area contributed by atoms with Crippen LogP contribution in [-0.4, -0.2) is 10.8 Å². The normalized spacial score (nSPS) is 11.3. The number of fused-ring (bicyclic) bond motifs is 2. The Hall–Kier alpha value is -1.19. The standard InChI is InChI=1S/C16H8Cl4O2/c17-11-5-2-4-9-10(11)7-8-3-1-6-12(18)13(8)14(9)22-16(21)15(19)20/h1-7,15H. The number of carbonyl (C=O) groups excluding carboxylic acids is 1. The first kappa shape index (κ1) is 15.7. The van der Waals surface area contributed by atoms with Crippen molar-refractivity contribution >= 4 is 73.9 Å². The van der Waals surface area contributed by atoms with E-state index in [1.54, 1.807) is 24.3 Å². The molecule has 0 atom stereocenters. The summed E-state index contributed by atoms with van der Waals surface area (Å²) in [5.74, 6) is -0.464. The maximum atomic E-state index is 11.8. The predicted octanol–water partition coefficient (Wildman–Crippen LogP) is 6.01. The topological polar surface area (TPSA) is 26.3 Å². The second-order valence-electron chi connectivity index (χ2n) is 4.60. The number of esters is 1. The number of alkyl halides is 2. The van der Waals surface area contributed by atoms with Crippen LogP contribution in [0.4, 0.5) is 0 Å². The molecular weight excluding hydrogens is 366 g/mol. The van der Waals surface area contributed by atoms with Crippen molar-refractivity contribution in [1.82, 2.24) is 0 Å². The molecule has 0 aliphatic carbocycles. The number of ether oxygens (including phenoxy) is 1. The van der Waals surface area contributed by atoms with E-state index in [9.17, 15) is 4.79 Å². The van der Waals surface area contributed by atoms with Crippen LogP contribution in [0.1, 0.15) is 0 Å². The first-order chi connectivity index (χ1) is 10.5. The van der Waals surface area contributed by atoms with Crippen LogP contribution in [0.2, 0.25) is 10.0 Å². The van der Waals surface area contributed by atoms with Crippen molar-refractivity contribution in [2.75, 3.05) is 0 Å². The molecule has 3 aromatic carbocycles. The van der Waals surface area contributed by atoms with Gasteiger partial charge in [0.15, 0.2) is 0 Å². The highest BCUT2D eigenvalue weighted by molar-refractivity contribution is 6.53. The molecule has 22 heavy (non-hydrogen) atoms. The van der Waals surface area contributed by atoms with Crippen molar-refractivity contribution in [2.45, 2.75) is 4.84 Å². The first-order valence-corrected chi connectivity index (χ1v) is 7.91. The summed E-state index contributed by atoms with van der Waals surface area (Å²) in [5, 5.41) is 3.84. The molecule has 2 nitrogen and oxygen atoms in total. The van der Waals surface area contributed by atoms with Gasteiger partial charge in [-0.2, -0.15) is 0 Å². The van der Waals surface area contributed by atoms with E-state index in [-0.39, 0.29) is 0 Å². The van der Waals surface area contributed by atoms with E-state index in [0.717, 1.165) is 10.8 Å². The van der Waals surface area contributed by atoms with Crippen LogP contribution < -0.4 is 4.74 Å². The lowest BCUT2D eigenvalue weighted by molar-refractivity contribution is -0.132. The average Bonchev–Trinajstić information content (AvgIpc) is 2.48. The van der Waals surface area contributed by atoms with Gasteiger partial charge in [0.25, 0.3) is 0 Å². The maximum absolute atomic E-state index is 11.8. The third kappa shape index (κ3) is 2.72. The molecule has 3 rings (SSSR count). The second kappa shape index (κ2) is 6.13. The monoisotopic (exact) mass is 372 g/mol. The van der Waals surface area contributed by atoms with Crippen molar-refractivity contribution in [3.63, 3.8) is 0 Å². The van der Waals surface area contributed by atoms with Crippen molar-refractivity contribution in [1.29, 1.82) is 0 Å². The van der Waals surface area contributed by atoms with E-state index in [0.29, 0.717) is 26.6 Å². The number of halogens is 4. The van der Waals surface area contributed by atoms with Gasteiger partial charge >= 0.3 is 5.97 Å². The number of benzene rings is 3. The Bertz CT molecular complexity index is 890. The Morgan fingerprint density at radius 1 is 0.955 bits per heavy atom. The Labute approximate surface area is 146 Å². The zero-order valence-electron chi connectivity index (χ0n) is 10.9. The minimum absolute atomic E-state index is 0.303. The molecule has 6 heteroatoms. The smallest absolute Gasteiger partial charge is 0.344 e. The maximum Gasteiger partial charge on any atom is 0.344 e. The molecule has 112 valence electrons. The van der Waals surface area contributed by atoms with Crippen LogP contribution in [0.25, 0.3) is 21.5 Å². The molecule has 0 spiro atoms. The summed E-state index contributed by atoms with van der Waals surface area (Å²) < 4.78 is 5.39. The summed E-state index contributed by atoms with van der Waals surface area (Å²) >= 11 is 23.7.